The molecular formula is C14H16O3. The van der Waals surface area contributed by atoms with Gasteiger partial charge in [-0.3, -0.25) is 4.79 Å². The molecule has 0 aliphatic heterocycles. The van der Waals surface area contributed by atoms with Crippen molar-refractivity contribution < 1.29 is 14.6 Å². The van der Waals surface area contributed by atoms with Crippen LogP contribution >= 0.6 is 0 Å². The molecule has 3 heteroatoms. The standard InChI is InChI=1S/C14H16O3/c1-3-4-5-12(10-14(16)17-2)11-6-8-13(15)9-7-11/h6-9,12,15H,3,10H2,1-2H3/t12-/m0/s1. The van der Waals surface area contributed by atoms with Crippen LogP contribution in [0.15, 0.2) is 24.3 Å². The van der Waals surface area contributed by atoms with E-state index in [1.165, 1.54) is 7.11 Å². The van der Waals surface area contributed by atoms with Gasteiger partial charge in [-0.1, -0.05) is 25.0 Å². The molecule has 1 aromatic carbocycles. The molecule has 0 aliphatic carbocycles. The average Bonchev–Trinajstić information content (AvgIpc) is 2.35. The van der Waals surface area contributed by atoms with E-state index in [1.807, 2.05) is 6.92 Å². The van der Waals surface area contributed by atoms with Crippen molar-refractivity contribution in [3.8, 4) is 17.6 Å². The van der Waals surface area contributed by atoms with Gasteiger partial charge in [0.1, 0.15) is 5.75 Å². The fourth-order valence-electron chi connectivity index (χ4n) is 1.43. The predicted molar refractivity (Wildman–Crippen MR) is 65.5 cm³/mol. The maximum atomic E-state index is 11.3. The van der Waals surface area contributed by atoms with E-state index in [1.54, 1.807) is 24.3 Å². The zero-order valence-corrected chi connectivity index (χ0v) is 10.1. The van der Waals surface area contributed by atoms with E-state index in [9.17, 15) is 9.90 Å². The second-order valence-corrected chi connectivity index (χ2v) is 3.60. The van der Waals surface area contributed by atoms with Gasteiger partial charge in [-0.05, 0) is 17.7 Å². The highest BCUT2D eigenvalue weighted by molar-refractivity contribution is 5.71. The van der Waals surface area contributed by atoms with Crippen LogP contribution in [0.25, 0.3) is 0 Å². The highest BCUT2D eigenvalue weighted by Crippen LogP contribution is 2.21. The number of ether oxygens (including phenoxy) is 1. The van der Waals surface area contributed by atoms with Gasteiger partial charge in [-0.2, -0.15) is 0 Å². The van der Waals surface area contributed by atoms with Crippen molar-refractivity contribution in [3.05, 3.63) is 29.8 Å². The molecule has 1 aromatic rings. The molecule has 0 fully saturated rings. The lowest BCUT2D eigenvalue weighted by molar-refractivity contribution is -0.140. The predicted octanol–water partition coefficient (Wildman–Crippen LogP) is 2.45. The van der Waals surface area contributed by atoms with E-state index in [4.69, 9.17) is 0 Å². The van der Waals surface area contributed by atoms with Crippen LogP contribution in [0.4, 0.5) is 0 Å². The van der Waals surface area contributed by atoms with Crippen LogP contribution in [0.2, 0.25) is 0 Å². The Balaban J connectivity index is 2.89. The van der Waals surface area contributed by atoms with Gasteiger partial charge in [0.25, 0.3) is 0 Å². The first-order chi connectivity index (χ1) is 8.17. The van der Waals surface area contributed by atoms with Crippen molar-refractivity contribution in [2.75, 3.05) is 7.11 Å². The fraction of sp³-hybridized carbons (Fsp3) is 0.357. The van der Waals surface area contributed by atoms with Crippen molar-refractivity contribution in [2.24, 2.45) is 0 Å². The molecule has 0 unspecified atom stereocenters. The van der Waals surface area contributed by atoms with Crippen molar-refractivity contribution in [1.82, 2.24) is 0 Å². The molecule has 1 N–H and O–H groups in total. The third-order valence-electron chi connectivity index (χ3n) is 2.35. The number of phenols is 1. The lowest BCUT2D eigenvalue weighted by Gasteiger charge is -2.09. The number of hydrogen-bond acceptors (Lipinski definition) is 3. The van der Waals surface area contributed by atoms with Gasteiger partial charge < -0.3 is 9.84 Å². The van der Waals surface area contributed by atoms with Gasteiger partial charge >= 0.3 is 5.97 Å². The summed E-state index contributed by atoms with van der Waals surface area (Å²) in [6.07, 6.45) is 0.976. The Labute approximate surface area is 101 Å². The highest BCUT2D eigenvalue weighted by Gasteiger charge is 2.14. The minimum Gasteiger partial charge on any atom is -0.508 e. The Morgan fingerprint density at radius 2 is 2.06 bits per heavy atom. The Hall–Kier alpha value is -1.95. The lowest BCUT2D eigenvalue weighted by atomic mass is 9.96. The second-order valence-electron chi connectivity index (χ2n) is 3.60. The molecule has 1 rings (SSSR count). The summed E-state index contributed by atoms with van der Waals surface area (Å²) in [6.45, 7) is 1.96. The Bertz CT molecular complexity index is 423. The molecule has 0 bridgehead atoms. The molecule has 0 radical (unpaired) electrons. The first-order valence-corrected chi connectivity index (χ1v) is 5.51. The molecule has 0 saturated heterocycles. The maximum absolute atomic E-state index is 11.3. The smallest absolute Gasteiger partial charge is 0.307 e. The zero-order valence-electron chi connectivity index (χ0n) is 10.1. The summed E-state index contributed by atoms with van der Waals surface area (Å²) in [5, 5.41) is 9.21. The monoisotopic (exact) mass is 232 g/mol. The number of aromatic hydroxyl groups is 1. The van der Waals surface area contributed by atoms with Gasteiger partial charge in [-0.25, -0.2) is 0 Å². The van der Waals surface area contributed by atoms with Crippen molar-refractivity contribution in [1.29, 1.82) is 0 Å². The van der Waals surface area contributed by atoms with Crippen LogP contribution in [0.1, 0.15) is 31.2 Å². The Morgan fingerprint density at radius 1 is 1.41 bits per heavy atom. The number of benzene rings is 1. The minimum atomic E-state index is -0.284. The molecule has 0 saturated carbocycles. The van der Waals surface area contributed by atoms with E-state index in [-0.39, 0.29) is 24.1 Å². The van der Waals surface area contributed by atoms with E-state index < -0.39 is 0 Å². The summed E-state index contributed by atoms with van der Waals surface area (Å²) in [5.74, 6) is 5.75. The molecule has 0 heterocycles. The van der Waals surface area contributed by atoms with Crippen LogP contribution < -0.4 is 0 Å². The highest BCUT2D eigenvalue weighted by atomic mass is 16.5. The number of phenolic OH excluding ortho intramolecular Hbond substituents is 1. The normalized spacial score (nSPS) is 11.2. The topological polar surface area (TPSA) is 46.5 Å². The summed E-state index contributed by atoms with van der Waals surface area (Å²) < 4.78 is 4.65. The summed E-state index contributed by atoms with van der Waals surface area (Å²) in [5.41, 5.74) is 0.911. The Kier molecular flexibility index (Phi) is 5.09. The number of methoxy groups -OCH3 is 1. The third kappa shape index (κ3) is 4.20. The molecule has 3 nitrogen and oxygen atoms in total. The van der Waals surface area contributed by atoms with Crippen LogP contribution in [-0.2, 0) is 9.53 Å². The van der Waals surface area contributed by atoms with Crippen molar-refractivity contribution >= 4 is 5.97 Å². The first-order valence-electron chi connectivity index (χ1n) is 5.51. The molecule has 0 spiro atoms. The molecule has 0 aliphatic rings. The summed E-state index contributed by atoms with van der Waals surface area (Å²) in [4.78, 5) is 11.3. The molecule has 1 atom stereocenters. The number of hydrogen-bond donors (Lipinski definition) is 1. The van der Waals surface area contributed by atoms with Crippen LogP contribution in [-0.4, -0.2) is 18.2 Å². The first kappa shape index (κ1) is 13.1. The van der Waals surface area contributed by atoms with Crippen LogP contribution in [0.3, 0.4) is 0 Å². The molecule has 90 valence electrons. The quantitative estimate of drug-likeness (QED) is 0.643. The number of carbonyl (C=O) groups is 1. The number of esters is 1. The van der Waals surface area contributed by atoms with Crippen molar-refractivity contribution in [2.45, 2.75) is 25.7 Å². The van der Waals surface area contributed by atoms with E-state index in [0.717, 1.165) is 12.0 Å². The van der Waals surface area contributed by atoms with Gasteiger partial charge in [0.2, 0.25) is 0 Å². The number of carbonyl (C=O) groups excluding carboxylic acids is 1. The van der Waals surface area contributed by atoms with E-state index in [0.29, 0.717) is 0 Å². The molecule has 0 aromatic heterocycles. The van der Waals surface area contributed by atoms with Gasteiger partial charge in [0.05, 0.1) is 19.4 Å². The van der Waals surface area contributed by atoms with Crippen LogP contribution in [0, 0.1) is 11.8 Å². The van der Waals surface area contributed by atoms with Crippen molar-refractivity contribution in [3.63, 3.8) is 0 Å². The van der Waals surface area contributed by atoms with Crippen LogP contribution in [0.5, 0.6) is 5.75 Å². The summed E-state index contributed by atoms with van der Waals surface area (Å²) >= 11 is 0. The summed E-state index contributed by atoms with van der Waals surface area (Å²) in [6, 6.07) is 6.72. The van der Waals surface area contributed by atoms with Gasteiger partial charge in [-0.15, -0.1) is 5.92 Å². The fourth-order valence-corrected chi connectivity index (χ4v) is 1.43. The Morgan fingerprint density at radius 3 is 2.59 bits per heavy atom. The second kappa shape index (κ2) is 6.59. The average molecular weight is 232 g/mol. The summed E-state index contributed by atoms with van der Waals surface area (Å²) in [7, 11) is 1.36. The van der Waals surface area contributed by atoms with E-state index in [2.05, 4.69) is 16.6 Å². The zero-order chi connectivity index (χ0) is 12.7. The van der Waals surface area contributed by atoms with Gasteiger partial charge in [0.15, 0.2) is 0 Å². The number of rotatable bonds is 3. The largest absolute Gasteiger partial charge is 0.508 e. The molecular weight excluding hydrogens is 216 g/mol. The maximum Gasteiger partial charge on any atom is 0.307 e. The van der Waals surface area contributed by atoms with Gasteiger partial charge in [0, 0.05) is 6.42 Å². The van der Waals surface area contributed by atoms with E-state index >= 15 is 0 Å². The molecule has 0 amide bonds. The lowest BCUT2D eigenvalue weighted by Crippen LogP contribution is -2.07. The third-order valence-corrected chi connectivity index (χ3v) is 2.35. The SMILES string of the molecule is CCC#C[C@@H](CC(=O)OC)c1ccc(O)cc1. The minimum absolute atomic E-state index is 0.178. The molecule has 17 heavy (non-hydrogen) atoms.